The van der Waals surface area contributed by atoms with E-state index in [4.69, 9.17) is 9.47 Å². The van der Waals surface area contributed by atoms with E-state index in [1.54, 1.807) is 14.2 Å². The zero-order valence-corrected chi connectivity index (χ0v) is 13.1. The fraction of sp³-hybridized carbons (Fsp3) is 0.353. The fourth-order valence-corrected chi connectivity index (χ4v) is 2.90. The van der Waals surface area contributed by atoms with Crippen LogP contribution in [0.15, 0.2) is 30.5 Å². The summed E-state index contributed by atoms with van der Waals surface area (Å²) < 4.78 is 12.6. The van der Waals surface area contributed by atoms with E-state index in [9.17, 15) is 4.79 Å². The summed E-state index contributed by atoms with van der Waals surface area (Å²) in [6.45, 7) is 1.31. The van der Waals surface area contributed by atoms with Gasteiger partial charge in [0, 0.05) is 26.3 Å². The number of carbonyl (C=O) groups excluding carboxylic acids is 1. The largest absolute Gasteiger partial charge is 0.493 e. The molecule has 1 amide bonds. The summed E-state index contributed by atoms with van der Waals surface area (Å²) in [7, 11) is 5.15. The average Bonchev–Trinajstić information content (AvgIpc) is 2.98. The van der Waals surface area contributed by atoms with Gasteiger partial charge in [0.15, 0.2) is 11.5 Å². The first-order chi connectivity index (χ1) is 10.6. The molecular weight excluding hydrogens is 280 g/mol. The molecule has 0 unspecified atom stereocenters. The van der Waals surface area contributed by atoms with Crippen molar-refractivity contribution in [3.8, 4) is 11.5 Å². The summed E-state index contributed by atoms with van der Waals surface area (Å²) in [5.74, 6) is 1.51. The SMILES string of the molecule is COc1cc2c(cc1OC)CN(C(=O)c1cccn1C)CC2. The van der Waals surface area contributed by atoms with Crippen LogP contribution in [0.25, 0.3) is 0 Å². The van der Waals surface area contributed by atoms with Crippen LogP contribution in [0.2, 0.25) is 0 Å². The van der Waals surface area contributed by atoms with Gasteiger partial charge in [0.2, 0.25) is 0 Å². The van der Waals surface area contributed by atoms with Crippen molar-refractivity contribution in [1.29, 1.82) is 0 Å². The topological polar surface area (TPSA) is 43.7 Å². The molecule has 1 aromatic heterocycles. The lowest BCUT2D eigenvalue weighted by molar-refractivity contribution is 0.0724. The lowest BCUT2D eigenvalue weighted by atomic mass is 9.98. The Morgan fingerprint density at radius 3 is 2.41 bits per heavy atom. The third kappa shape index (κ3) is 2.43. The molecule has 0 atom stereocenters. The Morgan fingerprint density at radius 2 is 1.82 bits per heavy atom. The second kappa shape index (κ2) is 5.75. The van der Waals surface area contributed by atoms with E-state index in [1.165, 1.54) is 5.56 Å². The Hall–Kier alpha value is -2.43. The second-order valence-corrected chi connectivity index (χ2v) is 5.46. The van der Waals surface area contributed by atoms with Crippen LogP contribution in [0.4, 0.5) is 0 Å². The lowest BCUT2D eigenvalue weighted by Crippen LogP contribution is -2.36. The number of fused-ring (bicyclic) bond motifs is 1. The normalized spacial score (nSPS) is 13.7. The molecule has 3 rings (SSSR count). The van der Waals surface area contributed by atoms with Gasteiger partial charge in [0.05, 0.1) is 14.2 Å². The number of hydrogen-bond acceptors (Lipinski definition) is 3. The first kappa shape index (κ1) is 14.5. The van der Waals surface area contributed by atoms with Crippen LogP contribution in [0.5, 0.6) is 11.5 Å². The van der Waals surface area contributed by atoms with Gasteiger partial charge in [-0.05, 0) is 41.8 Å². The molecule has 1 aliphatic heterocycles. The van der Waals surface area contributed by atoms with Crippen molar-refractivity contribution >= 4 is 5.91 Å². The minimum absolute atomic E-state index is 0.0629. The number of amides is 1. The highest BCUT2D eigenvalue weighted by Gasteiger charge is 2.24. The third-order valence-corrected chi connectivity index (χ3v) is 4.17. The molecule has 0 saturated carbocycles. The van der Waals surface area contributed by atoms with E-state index in [-0.39, 0.29) is 5.91 Å². The zero-order valence-electron chi connectivity index (χ0n) is 13.1. The first-order valence-corrected chi connectivity index (χ1v) is 7.28. The predicted molar refractivity (Wildman–Crippen MR) is 83.4 cm³/mol. The van der Waals surface area contributed by atoms with E-state index in [0.717, 1.165) is 17.7 Å². The summed E-state index contributed by atoms with van der Waals surface area (Å²) >= 11 is 0. The Balaban J connectivity index is 1.87. The smallest absolute Gasteiger partial charge is 0.270 e. The number of carbonyl (C=O) groups is 1. The Labute approximate surface area is 130 Å². The number of aryl methyl sites for hydroxylation is 1. The maximum atomic E-state index is 12.6. The molecule has 0 aliphatic carbocycles. The first-order valence-electron chi connectivity index (χ1n) is 7.28. The highest BCUT2D eigenvalue weighted by atomic mass is 16.5. The summed E-state index contributed by atoms with van der Waals surface area (Å²) in [5.41, 5.74) is 3.05. The number of hydrogen-bond donors (Lipinski definition) is 0. The quantitative estimate of drug-likeness (QED) is 0.873. The maximum absolute atomic E-state index is 12.6. The van der Waals surface area contributed by atoms with Crippen molar-refractivity contribution in [1.82, 2.24) is 9.47 Å². The molecule has 116 valence electrons. The number of benzene rings is 1. The standard InChI is InChI=1S/C17H20N2O3/c1-18-7-4-5-14(18)17(20)19-8-6-12-9-15(21-2)16(22-3)10-13(12)11-19/h4-5,7,9-10H,6,8,11H2,1-3H3. The number of nitrogens with zero attached hydrogens (tertiary/aromatic N) is 2. The Bertz CT molecular complexity index is 706. The number of ether oxygens (including phenoxy) is 2. The van der Waals surface area contributed by atoms with Gasteiger partial charge < -0.3 is 18.9 Å². The second-order valence-electron chi connectivity index (χ2n) is 5.46. The molecule has 0 spiro atoms. The van der Waals surface area contributed by atoms with Crippen LogP contribution in [-0.4, -0.2) is 36.1 Å². The number of rotatable bonds is 3. The fourth-order valence-electron chi connectivity index (χ4n) is 2.90. The maximum Gasteiger partial charge on any atom is 0.270 e. The van der Waals surface area contributed by atoms with Crippen LogP contribution in [0.1, 0.15) is 21.6 Å². The van der Waals surface area contributed by atoms with Gasteiger partial charge in [-0.25, -0.2) is 0 Å². The van der Waals surface area contributed by atoms with Crippen LogP contribution < -0.4 is 9.47 Å². The molecule has 2 aromatic rings. The molecule has 0 N–H and O–H groups in total. The van der Waals surface area contributed by atoms with Crippen molar-refractivity contribution in [3.05, 3.63) is 47.3 Å². The average molecular weight is 300 g/mol. The summed E-state index contributed by atoms with van der Waals surface area (Å²) in [4.78, 5) is 14.5. The molecule has 1 aliphatic rings. The van der Waals surface area contributed by atoms with Crippen molar-refractivity contribution in [2.75, 3.05) is 20.8 Å². The van der Waals surface area contributed by atoms with Crippen LogP contribution in [0.3, 0.4) is 0 Å². The van der Waals surface area contributed by atoms with Crippen molar-refractivity contribution in [2.45, 2.75) is 13.0 Å². The summed E-state index contributed by atoms with van der Waals surface area (Å²) in [6.07, 6.45) is 2.71. The third-order valence-electron chi connectivity index (χ3n) is 4.17. The van der Waals surface area contributed by atoms with Gasteiger partial charge in [-0.15, -0.1) is 0 Å². The van der Waals surface area contributed by atoms with Gasteiger partial charge in [-0.3, -0.25) is 4.79 Å². The monoisotopic (exact) mass is 300 g/mol. The van der Waals surface area contributed by atoms with Gasteiger partial charge >= 0.3 is 0 Å². The minimum Gasteiger partial charge on any atom is -0.493 e. The van der Waals surface area contributed by atoms with Gasteiger partial charge in [0.1, 0.15) is 5.69 Å². The molecule has 0 fully saturated rings. The van der Waals surface area contributed by atoms with Gasteiger partial charge in [0.25, 0.3) is 5.91 Å². The molecule has 0 radical (unpaired) electrons. The Morgan fingerprint density at radius 1 is 1.14 bits per heavy atom. The molecule has 2 heterocycles. The van der Waals surface area contributed by atoms with Crippen molar-refractivity contribution in [3.63, 3.8) is 0 Å². The van der Waals surface area contributed by atoms with E-state index in [1.807, 2.05) is 47.0 Å². The highest BCUT2D eigenvalue weighted by Crippen LogP contribution is 2.33. The van der Waals surface area contributed by atoms with Crippen molar-refractivity contribution < 1.29 is 14.3 Å². The van der Waals surface area contributed by atoms with E-state index < -0.39 is 0 Å². The lowest BCUT2D eigenvalue weighted by Gasteiger charge is -2.29. The molecule has 5 heteroatoms. The molecule has 22 heavy (non-hydrogen) atoms. The van der Waals surface area contributed by atoms with Gasteiger partial charge in [-0.2, -0.15) is 0 Å². The molecule has 5 nitrogen and oxygen atoms in total. The van der Waals surface area contributed by atoms with E-state index in [0.29, 0.717) is 24.5 Å². The van der Waals surface area contributed by atoms with Crippen LogP contribution in [0, 0.1) is 0 Å². The van der Waals surface area contributed by atoms with Crippen LogP contribution >= 0.6 is 0 Å². The predicted octanol–water partition coefficient (Wildman–Crippen LogP) is 2.24. The molecular formula is C17H20N2O3. The molecule has 0 saturated heterocycles. The van der Waals surface area contributed by atoms with E-state index >= 15 is 0 Å². The van der Waals surface area contributed by atoms with Gasteiger partial charge in [-0.1, -0.05) is 0 Å². The van der Waals surface area contributed by atoms with Crippen molar-refractivity contribution in [2.24, 2.45) is 7.05 Å². The number of aromatic nitrogens is 1. The zero-order chi connectivity index (χ0) is 15.7. The molecule has 0 bridgehead atoms. The molecule has 1 aromatic carbocycles. The highest BCUT2D eigenvalue weighted by molar-refractivity contribution is 5.92. The van der Waals surface area contributed by atoms with E-state index in [2.05, 4.69) is 0 Å². The summed E-state index contributed by atoms with van der Waals surface area (Å²) in [6, 6.07) is 7.72. The number of methoxy groups -OCH3 is 2. The minimum atomic E-state index is 0.0629. The Kier molecular flexibility index (Phi) is 3.79. The van der Waals surface area contributed by atoms with Crippen LogP contribution in [-0.2, 0) is 20.0 Å². The summed E-state index contributed by atoms with van der Waals surface area (Å²) in [5, 5.41) is 0.